The van der Waals surface area contributed by atoms with Gasteiger partial charge in [0.2, 0.25) is 0 Å². The van der Waals surface area contributed by atoms with E-state index in [2.05, 4.69) is 36.7 Å². The number of alkyl halides is 1. The number of halogens is 1. The van der Waals surface area contributed by atoms with Crippen LogP contribution in [0, 0.1) is 23.2 Å². The summed E-state index contributed by atoms with van der Waals surface area (Å²) < 4.78 is 0. The molecular weight excluding hydrogens is 228 g/mol. The molecule has 4 atom stereocenters. The van der Waals surface area contributed by atoms with Crippen LogP contribution in [0.1, 0.15) is 33.6 Å². The van der Waals surface area contributed by atoms with E-state index in [1.54, 1.807) is 0 Å². The van der Waals surface area contributed by atoms with Gasteiger partial charge in [-0.3, -0.25) is 4.79 Å². The van der Waals surface area contributed by atoms with Crippen LogP contribution in [0.4, 0.5) is 0 Å². The van der Waals surface area contributed by atoms with Crippen LogP contribution in [0.3, 0.4) is 0 Å². The number of Topliss-reactive ketones (excluding diaryl/α,β-unsaturated/α-hetero) is 1. The first-order chi connectivity index (χ1) is 5.98. The van der Waals surface area contributed by atoms with Gasteiger partial charge < -0.3 is 0 Å². The second-order valence-electron chi connectivity index (χ2n) is 5.16. The van der Waals surface area contributed by atoms with Gasteiger partial charge in [0.1, 0.15) is 5.78 Å². The molecule has 0 aromatic heterocycles. The Hall–Kier alpha value is 0.150. The van der Waals surface area contributed by atoms with Crippen LogP contribution in [-0.4, -0.2) is 10.6 Å². The normalized spacial score (nSPS) is 49.3. The van der Waals surface area contributed by atoms with Gasteiger partial charge in [-0.2, -0.15) is 0 Å². The molecule has 0 amide bonds. The minimum Gasteiger partial charge on any atom is -0.299 e. The summed E-state index contributed by atoms with van der Waals surface area (Å²) in [5.74, 6) is 2.11. The molecule has 0 spiro atoms. The Balaban J connectivity index is 2.21. The highest BCUT2D eigenvalue weighted by Crippen LogP contribution is 2.59. The van der Waals surface area contributed by atoms with Crippen LogP contribution in [0.15, 0.2) is 0 Å². The molecule has 0 N–H and O–H groups in total. The van der Waals surface area contributed by atoms with Gasteiger partial charge in [-0.05, 0) is 24.7 Å². The molecule has 0 saturated heterocycles. The zero-order valence-corrected chi connectivity index (χ0v) is 10.1. The number of carbonyl (C=O) groups excluding carboxylic acids is 1. The highest BCUT2D eigenvalue weighted by atomic mass is 79.9. The minimum atomic E-state index is -0.0178. The number of rotatable bonds is 1. The summed E-state index contributed by atoms with van der Waals surface area (Å²) in [7, 11) is 0. The summed E-state index contributed by atoms with van der Waals surface area (Å²) in [4.78, 5) is 12.3. The van der Waals surface area contributed by atoms with Crippen LogP contribution in [0.5, 0.6) is 0 Å². The summed E-state index contributed by atoms with van der Waals surface area (Å²) in [5.41, 5.74) is -0.0178. The molecule has 2 bridgehead atoms. The molecule has 2 heteroatoms. The molecule has 13 heavy (non-hydrogen) atoms. The molecule has 0 heterocycles. The van der Waals surface area contributed by atoms with Gasteiger partial charge in [0.05, 0.1) is 0 Å². The van der Waals surface area contributed by atoms with Gasteiger partial charge in [0.15, 0.2) is 0 Å². The van der Waals surface area contributed by atoms with Crippen LogP contribution >= 0.6 is 15.9 Å². The topological polar surface area (TPSA) is 17.1 Å². The Morgan fingerprint density at radius 3 is 2.54 bits per heavy atom. The van der Waals surface area contributed by atoms with Gasteiger partial charge >= 0.3 is 0 Å². The molecule has 3 saturated carbocycles. The first kappa shape index (κ1) is 9.70. The van der Waals surface area contributed by atoms with Crippen LogP contribution in [0.25, 0.3) is 0 Å². The van der Waals surface area contributed by atoms with Gasteiger partial charge in [-0.1, -0.05) is 36.7 Å². The molecule has 0 aliphatic heterocycles. The second-order valence-corrected chi connectivity index (χ2v) is 6.14. The van der Waals surface area contributed by atoms with Crippen molar-refractivity contribution in [2.45, 2.75) is 38.4 Å². The average molecular weight is 245 g/mol. The van der Waals surface area contributed by atoms with Gasteiger partial charge in [0.25, 0.3) is 0 Å². The number of carbonyl (C=O) groups is 1. The Morgan fingerprint density at radius 1 is 1.54 bits per heavy atom. The zero-order chi connectivity index (χ0) is 9.80. The predicted octanol–water partition coefficient (Wildman–Crippen LogP) is 3.02. The molecule has 0 radical (unpaired) electrons. The van der Waals surface area contributed by atoms with Crippen molar-refractivity contribution in [1.82, 2.24) is 0 Å². The van der Waals surface area contributed by atoms with Crippen molar-refractivity contribution in [2.24, 2.45) is 23.2 Å². The highest BCUT2D eigenvalue weighted by molar-refractivity contribution is 9.09. The smallest absolute Gasteiger partial charge is 0.144 e. The number of fused-ring (bicyclic) bond motifs is 2. The van der Waals surface area contributed by atoms with Crippen molar-refractivity contribution >= 4 is 21.7 Å². The molecule has 3 aliphatic carbocycles. The molecule has 3 rings (SSSR count). The lowest BCUT2D eigenvalue weighted by molar-refractivity contribution is -0.155. The Labute approximate surface area is 88.4 Å². The van der Waals surface area contributed by atoms with Crippen LogP contribution in [-0.2, 0) is 4.79 Å². The van der Waals surface area contributed by atoms with E-state index in [-0.39, 0.29) is 5.41 Å². The van der Waals surface area contributed by atoms with E-state index in [0.717, 1.165) is 6.42 Å². The van der Waals surface area contributed by atoms with Crippen molar-refractivity contribution in [3.05, 3.63) is 0 Å². The fourth-order valence-electron chi connectivity index (χ4n) is 3.02. The highest BCUT2D eigenvalue weighted by Gasteiger charge is 2.63. The molecule has 0 aromatic carbocycles. The van der Waals surface area contributed by atoms with Crippen molar-refractivity contribution in [2.75, 3.05) is 0 Å². The average Bonchev–Trinajstić information content (AvgIpc) is 2.09. The van der Waals surface area contributed by atoms with Crippen LogP contribution < -0.4 is 0 Å². The molecule has 3 aliphatic rings. The van der Waals surface area contributed by atoms with E-state index < -0.39 is 0 Å². The third-order valence-corrected chi connectivity index (χ3v) is 5.68. The second kappa shape index (κ2) is 2.82. The third-order valence-electron chi connectivity index (χ3n) is 4.10. The van der Waals surface area contributed by atoms with Crippen molar-refractivity contribution in [3.8, 4) is 0 Å². The summed E-state index contributed by atoms with van der Waals surface area (Å²) >= 11 is 3.69. The van der Waals surface area contributed by atoms with E-state index in [1.165, 1.54) is 6.42 Å². The number of hydrogen-bond donors (Lipinski definition) is 0. The molecular formula is C11H17BrO. The Kier molecular flexibility index (Phi) is 2.10. The van der Waals surface area contributed by atoms with E-state index in [4.69, 9.17) is 0 Å². The summed E-state index contributed by atoms with van der Waals surface area (Å²) in [6, 6.07) is 0. The fraction of sp³-hybridized carbons (Fsp3) is 0.909. The van der Waals surface area contributed by atoms with Gasteiger partial charge in [-0.15, -0.1) is 0 Å². The molecule has 74 valence electrons. The van der Waals surface area contributed by atoms with Crippen molar-refractivity contribution in [3.63, 3.8) is 0 Å². The lowest BCUT2D eigenvalue weighted by atomic mass is 9.49. The van der Waals surface area contributed by atoms with E-state index in [9.17, 15) is 4.79 Å². The first-order valence-corrected chi connectivity index (χ1v) is 6.08. The van der Waals surface area contributed by atoms with E-state index in [0.29, 0.717) is 28.4 Å². The Morgan fingerprint density at radius 2 is 2.15 bits per heavy atom. The van der Waals surface area contributed by atoms with Crippen LogP contribution in [0.2, 0.25) is 0 Å². The summed E-state index contributed by atoms with van der Waals surface area (Å²) in [6.45, 7) is 6.58. The summed E-state index contributed by atoms with van der Waals surface area (Å²) in [5, 5.41) is 0. The van der Waals surface area contributed by atoms with Crippen molar-refractivity contribution in [1.29, 1.82) is 0 Å². The quantitative estimate of drug-likeness (QED) is 0.649. The lowest BCUT2D eigenvalue weighted by Crippen LogP contribution is -2.64. The standard InChI is InChI=1S/C11H17BrO/c1-6(2)7-4-5-11(3)9(12)8(7)10(11)13/h6-9H,4-5H2,1-3H3/t7-,8+,9?,11-/m0/s1. The van der Waals surface area contributed by atoms with E-state index in [1.807, 2.05) is 0 Å². The molecule has 1 nitrogen and oxygen atoms in total. The lowest BCUT2D eigenvalue weighted by Gasteiger charge is -2.57. The largest absolute Gasteiger partial charge is 0.299 e. The maximum atomic E-state index is 11.9. The van der Waals surface area contributed by atoms with E-state index >= 15 is 0 Å². The number of hydrogen-bond acceptors (Lipinski definition) is 1. The molecule has 3 fully saturated rings. The predicted molar refractivity (Wildman–Crippen MR) is 56.9 cm³/mol. The van der Waals surface area contributed by atoms with Gasteiger partial charge in [0, 0.05) is 16.2 Å². The molecule has 1 unspecified atom stereocenters. The third kappa shape index (κ3) is 1.07. The number of ketones is 1. The fourth-order valence-corrected chi connectivity index (χ4v) is 4.10. The Bertz CT molecular complexity index is 248. The monoisotopic (exact) mass is 244 g/mol. The summed E-state index contributed by atoms with van der Waals surface area (Å²) in [6.07, 6.45) is 2.33. The van der Waals surface area contributed by atoms with Gasteiger partial charge in [-0.25, -0.2) is 0 Å². The zero-order valence-electron chi connectivity index (χ0n) is 8.51. The van der Waals surface area contributed by atoms with Crippen molar-refractivity contribution < 1.29 is 4.79 Å². The molecule has 0 aromatic rings. The minimum absolute atomic E-state index is 0.0178. The SMILES string of the molecule is CC(C)[C@@H]1CC[C@]2(C)C(=O)[C@H]1C2Br. The first-order valence-electron chi connectivity index (χ1n) is 5.17. The maximum absolute atomic E-state index is 11.9. The maximum Gasteiger partial charge on any atom is 0.144 e.